The topological polar surface area (TPSA) is 67.9 Å². The molecular weight excluding hydrogens is 368 g/mol. The van der Waals surface area contributed by atoms with E-state index in [4.69, 9.17) is 9.47 Å². The number of likely N-dealkylation sites (N-methyl/N-ethyl adjacent to an activating group) is 1. The van der Waals surface area contributed by atoms with Gasteiger partial charge in [-0.3, -0.25) is 9.59 Å². The lowest BCUT2D eigenvalue weighted by Crippen LogP contribution is -2.50. The minimum atomic E-state index is -0.746. The Morgan fingerprint density at radius 3 is 2.59 bits per heavy atom. The summed E-state index contributed by atoms with van der Waals surface area (Å²) in [6, 6.07) is 14.4. The van der Waals surface area contributed by atoms with E-state index in [2.05, 4.69) is 12.2 Å². The molecule has 0 saturated carbocycles. The van der Waals surface area contributed by atoms with Crippen LogP contribution in [0.1, 0.15) is 43.0 Å². The molecule has 6 nitrogen and oxygen atoms in total. The fraction of sp³-hybridized carbons (Fsp3) is 0.391. The average Bonchev–Trinajstić information content (AvgIpc) is 2.77. The number of nitrogens with zero attached hydrogens (tertiary/aromatic N) is 1. The molecule has 0 radical (unpaired) electrons. The maximum absolute atomic E-state index is 13.2. The molecule has 1 aliphatic rings. The van der Waals surface area contributed by atoms with Crippen LogP contribution >= 0.6 is 0 Å². The largest absolute Gasteiger partial charge is 0.494 e. The molecule has 29 heavy (non-hydrogen) atoms. The first-order valence-corrected chi connectivity index (χ1v) is 10.2. The van der Waals surface area contributed by atoms with E-state index >= 15 is 0 Å². The van der Waals surface area contributed by atoms with Gasteiger partial charge in [-0.15, -0.1) is 0 Å². The van der Waals surface area contributed by atoms with Crippen molar-refractivity contribution < 1.29 is 19.1 Å². The van der Waals surface area contributed by atoms with Crippen molar-refractivity contribution >= 4 is 17.5 Å². The fourth-order valence-corrected chi connectivity index (χ4v) is 3.29. The van der Waals surface area contributed by atoms with E-state index in [0.717, 1.165) is 18.6 Å². The van der Waals surface area contributed by atoms with Crippen molar-refractivity contribution in [1.29, 1.82) is 0 Å². The molecule has 0 aliphatic carbocycles. The second-order valence-electron chi connectivity index (χ2n) is 7.04. The highest BCUT2D eigenvalue weighted by Gasteiger charge is 2.33. The van der Waals surface area contributed by atoms with Crippen molar-refractivity contribution in [2.24, 2.45) is 0 Å². The van der Waals surface area contributed by atoms with Gasteiger partial charge in [0.1, 0.15) is 11.5 Å². The van der Waals surface area contributed by atoms with Gasteiger partial charge in [-0.25, -0.2) is 0 Å². The normalized spacial score (nSPS) is 15.2. The van der Waals surface area contributed by atoms with E-state index in [0.29, 0.717) is 23.6 Å². The first-order valence-electron chi connectivity index (χ1n) is 10.2. The lowest BCUT2D eigenvalue weighted by atomic mass is 10.1. The number of hydrogen-bond donors (Lipinski definition) is 1. The summed E-state index contributed by atoms with van der Waals surface area (Å²) in [5.41, 5.74) is 1.20. The summed E-state index contributed by atoms with van der Waals surface area (Å²) in [7, 11) is 1.55. The van der Waals surface area contributed by atoms with E-state index in [1.807, 2.05) is 30.3 Å². The molecule has 2 aromatic rings. The molecule has 0 aromatic heterocycles. The van der Waals surface area contributed by atoms with Crippen LogP contribution in [0.2, 0.25) is 0 Å². The van der Waals surface area contributed by atoms with E-state index in [1.54, 1.807) is 30.1 Å². The van der Waals surface area contributed by atoms with Crippen LogP contribution in [0.5, 0.6) is 11.5 Å². The molecule has 0 fully saturated rings. The Morgan fingerprint density at radius 2 is 1.86 bits per heavy atom. The molecule has 1 N–H and O–H groups in total. The number of hydrogen-bond acceptors (Lipinski definition) is 4. The molecule has 154 valence electrons. The maximum Gasteiger partial charge on any atom is 0.262 e. The number of ether oxygens (including phenoxy) is 2. The monoisotopic (exact) mass is 396 g/mol. The minimum absolute atomic E-state index is 0.158. The Hall–Kier alpha value is -3.02. The highest BCUT2D eigenvalue weighted by molar-refractivity contribution is 6.08. The van der Waals surface area contributed by atoms with Gasteiger partial charge in [-0.2, -0.15) is 0 Å². The van der Waals surface area contributed by atoms with Gasteiger partial charge in [0.05, 0.1) is 18.8 Å². The van der Waals surface area contributed by atoms with Crippen LogP contribution < -0.4 is 19.7 Å². The molecule has 1 atom stereocenters. The van der Waals surface area contributed by atoms with E-state index in [1.165, 1.54) is 12.8 Å². The van der Waals surface area contributed by atoms with Crippen LogP contribution in [0.15, 0.2) is 48.5 Å². The Kier molecular flexibility index (Phi) is 7.11. The summed E-state index contributed by atoms with van der Waals surface area (Å²) < 4.78 is 11.5. The highest BCUT2D eigenvalue weighted by Crippen LogP contribution is 2.34. The van der Waals surface area contributed by atoms with Gasteiger partial charge in [0.25, 0.3) is 11.8 Å². The van der Waals surface area contributed by atoms with Crippen molar-refractivity contribution in [2.45, 2.75) is 38.7 Å². The van der Waals surface area contributed by atoms with Crippen LogP contribution in [0, 0.1) is 0 Å². The number of benzene rings is 2. The second kappa shape index (κ2) is 9.96. The molecular formula is C23H28N2O4. The van der Waals surface area contributed by atoms with Crippen molar-refractivity contribution in [1.82, 2.24) is 5.32 Å². The Labute approximate surface area is 171 Å². The predicted molar refractivity (Wildman–Crippen MR) is 113 cm³/mol. The van der Waals surface area contributed by atoms with Crippen LogP contribution in [-0.2, 0) is 4.79 Å². The number of fused-ring (bicyclic) bond motifs is 1. The molecule has 0 saturated heterocycles. The molecule has 2 aromatic carbocycles. The fourth-order valence-electron chi connectivity index (χ4n) is 3.29. The smallest absolute Gasteiger partial charge is 0.262 e. The number of nitrogens with one attached hydrogen (secondary N) is 1. The van der Waals surface area contributed by atoms with Crippen molar-refractivity contribution in [2.75, 3.05) is 25.1 Å². The predicted octanol–water partition coefficient (Wildman–Crippen LogP) is 3.80. The lowest BCUT2D eigenvalue weighted by Gasteiger charge is -2.34. The third-order valence-electron chi connectivity index (χ3n) is 4.93. The number of para-hydroxylation sites is 2. The third kappa shape index (κ3) is 5.08. The van der Waals surface area contributed by atoms with Gasteiger partial charge < -0.3 is 19.7 Å². The number of unbranched alkanes of at least 4 members (excludes halogenated alkanes) is 3. The first-order chi connectivity index (χ1) is 14.1. The molecule has 2 amide bonds. The molecule has 0 spiro atoms. The molecule has 3 rings (SSSR count). The van der Waals surface area contributed by atoms with E-state index < -0.39 is 6.10 Å². The number of amides is 2. The number of carbonyl (C=O) groups excluding carboxylic acids is 2. The van der Waals surface area contributed by atoms with Gasteiger partial charge in [-0.1, -0.05) is 38.3 Å². The highest BCUT2D eigenvalue weighted by atomic mass is 16.5. The van der Waals surface area contributed by atoms with Crippen molar-refractivity contribution in [3.63, 3.8) is 0 Å². The van der Waals surface area contributed by atoms with Crippen LogP contribution in [-0.4, -0.2) is 38.1 Å². The summed E-state index contributed by atoms with van der Waals surface area (Å²) in [6.45, 7) is 3.02. The number of carbonyl (C=O) groups is 2. The summed E-state index contributed by atoms with van der Waals surface area (Å²) in [5.74, 6) is 0.838. The zero-order chi connectivity index (χ0) is 20.6. The van der Waals surface area contributed by atoms with Gasteiger partial charge in [-0.05, 0) is 42.8 Å². The zero-order valence-electron chi connectivity index (χ0n) is 17.0. The first kappa shape index (κ1) is 20.7. The third-order valence-corrected chi connectivity index (χ3v) is 4.93. The summed E-state index contributed by atoms with van der Waals surface area (Å²) in [5, 5.41) is 2.59. The average molecular weight is 396 g/mol. The SMILES string of the molecule is CCCCCCOc1ccc(C(=O)N2C[C@H](C(=O)NC)Oc3ccccc32)cc1. The summed E-state index contributed by atoms with van der Waals surface area (Å²) in [4.78, 5) is 26.9. The van der Waals surface area contributed by atoms with E-state index in [9.17, 15) is 9.59 Å². The molecule has 0 bridgehead atoms. The number of rotatable bonds is 8. The molecule has 1 heterocycles. The van der Waals surface area contributed by atoms with Crippen LogP contribution in [0.25, 0.3) is 0 Å². The number of anilines is 1. The van der Waals surface area contributed by atoms with Crippen LogP contribution in [0.4, 0.5) is 5.69 Å². The van der Waals surface area contributed by atoms with Crippen molar-refractivity contribution in [3.05, 3.63) is 54.1 Å². The standard InChI is InChI=1S/C23H28N2O4/c1-3-4-5-8-15-28-18-13-11-17(12-14-18)23(27)25-16-21(22(26)24-2)29-20-10-7-6-9-19(20)25/h6-7,9-14,21H,3-5,8,15-16H2,1-2H3,(H,24,26)/t21-/m1/s1. The van der Waals surface area contributed by atoms with Gasteiger partial charge >= 0.3 is 0 Å². The molecule has 1 aliphatic heterocycles. The Bertz CT molecular complexity index is 835. The summed E-state index contributed by atoms with van der Waals surface area (Å²) in [6.07, 6.45) is 3.86. The molecule has 0 unspecified atom stereocenters. The Morgan fingerprint density at radius 1 is 1.10 bits per heavy atom. The minimum Gasteiger partial charge on any atom is -0.494 e. The zero-order valence-corrected chi connectivity index (χ0v) is 17.0. The van der Waals surface area contributed by atoms with Gasteiger partial charge in [0.2, 0.25) is 0 Å². The lowest BCUT2D eigenvalue weighted by molar-refractivity contribution is -0.127. The van der Waals surface area contributed by atoms with Crippen molar-refractivity contribution in [3.8, 4) is 11.5 Å². The van der Waals surface area contributed by atoms with Crippen LogP contribution in [0.3, 0.4) is 0 Å². The maximum atomic E-state index is 13.2. The quantitative estimate of drug-likeness (QED) is 0.689. The molecule has 6 heteroatoms. The second-order valence-corrected chi connectivity index (χ2v) is 7.04. The summed E-state index contributed by atoms with van der Waals surface area (Å²) >= 11 is 0. The van der Waals surface area contributed by atoms with E-state index in [-0.39, 0.29) is 18.4 Å². The van der Waals surface area contributed by atoms with Gasteiger partial charge in [0, 0.05) is 12.6 Å². The van der Waals surface area contributed by atoms with Gasteiger partial charge in [0.15, 0.2) is 6.10 Å². The Balaban J connectivity index is 1.71.